The normalized spacial score (nSPS) is 15.1. The Morgan fingerprint density at radius 3 is 2.54 bits per heavy atom. The van der Waals surface area contributed by atoms with Gasteiger partial charge in [0.1, 0.15) is 0 Å². The Morgan fingerprint density at radius 1 is 1.54 bits per heavy atom. The Hall–Kier alpha value is -0.610. The third-order valence-electron chi connectivity index (χ3n) is 2.02. The van der Waals surface area contributed by atoms with E-state index in [1.165, 1.54) is 0 Å². The van der Waals surface area contributed by atoms with Crippen LogP contribution in [0.2, 0.25) is 0 Å². The van der Waals surface area contributed by atoms with E-state index in [0.717, 1.165) is 6.42 Å². The van der Waals surface area contributed by atoms with Crippen LogP contribution in [0.1, 0.15) is 20.3 Å². The van der Waals surface area contributed by atoms with Crippen LogP contribution in [0.25, 0.3) is 0 Å². The van der Waals surface area contributed by atoms with Crippen LogP contribution < -0.4 is 10.6 Å². The summed E-state index contributed by atoms with van der Waals surface area (Å²) >= 11 is 0. The lowest BCUT2D eigenvalue weighted by Gasteiger charge is -2.17. The fourth-order valence-corrected chi connectivity index (χ4v) is 1.02. The molecule has 78 valence electrons. The van der Waals surface area contributed by atoms with Gasteiger partial charge in [0.05, 0.1) is 12.6 Å². The predicted octanol–water partition coefficient (Wildman–Crippen LogP) is -0.271. The van der Waals surface area contributed by atoms with Gasteiger partial charge >= 0.3 is 0 Å². The van der Waals surface area contributed by atoms with Gasteiger partial charge in [-0.1, -0.05) is 13.8 Å². The van der Waals surface area contributed by atoms with Crippen molar-refractivity contribution in [2.75, 3.05) is 20.2 Å². The summed E-state index contributed by atoms with van der Waals surface area (Å²) in [6, 6.07) is -0.105. The maximum atomic E-state index is 11.4. The molecule has 0 aromatic rings. The van der Waals surface area contributed by atoms with Crippen LogP contribution in [-0.2, 0) is 4.79 Å². The lowest BCUT2D eigenvalue weighted by atomic mass is 10.1. The zero-order valence-corrected chi connectivity index (χ0v) is 8.63. The van der Waals surface area contributed by atoms with Gasteiger partial charge in [0, 0.05) is 12.5 Å². The molecule has 0 saturated heterocycles. The standard InChI is InChI=1S/C9H20N2O2/c1-4-8(6-12)11-9(13)7(2)5-10-3/h7-8,10,12H,4-6H2,1-3H3,(H,11,13)/t7?,8-/m1/s1. The summed E-state index contributed by atoms with van der Waals surface area (Å²) in [7, 11) is 1.81. The highest BCUT2D eigenvalue weighted by atomic mass is 16.3. The van der Waals surface area contributed by atoms with Crippen LogP contribution in [-0.4, -0.2) is 37.3 Å². The summed E-state index contributed by atoms with van der Waals surface area (Å²) in [6.45, 7) is 4.46. The molecule has 3 N–H and O–H groups in total. The molecule has 0 rings (SSSR count). The minimum atomic E-state index is -0.105. The highest BCUT2D eigenvalue weighted by Crippen LogP contribution is 1.95. The van der Waals surface area contributed by atoms with Crippen molar-refractivity contribution in [1.29, 1.82) is 0 Å². The van der Waals surface area contributed by atoms with E-state index in [-0.39, 0.29) is 24.5 Å². The van der Waals surface area contributed by atoms with E-state index >= 15 is 0 Å². The van der Waals surface area contributed by atoms with Crippen LogP contribution in [0.5, 0.6) is 0 Å². The molecule has 0 aromatic carbocycles. The Morgan fingerprint density at radius 2 is 2.15 bits per heavy atom. The third kappa shape index (κ3) is 4.85. The molecular weight excluding hydrogens is 168 g/mol. The monoisotopic (exact) mass is 188 g/mol. The SMILES string of the molecule is CC[C@H](CO)NC(=O)C(C)CNC. The van der Waals surface area contributed by atoms with Crippen molar-refractivity contribution in [1.82, 2.24) is 10.6 Å². The number of aliphatic hydroxyl groups excluding tert-OH is 1. The molecule has 0 fully saturated rings. The second-order valence-corrected chi connectivity index (χ2v) is 3.26. The fourth-order valence-electron chi connectivity index (χ4n) is 1.02. The molecule has 0 bridgehead atoms. The largest absolute Gasteiger partial charge is 0.394 e. The molecule has 1 amide bonds. The van der Waals surface area contributed by atoms with Crippen molar-refractivity contribution >= 4 is 5.91 Å². The Bertz CT molecular complexity index is 147. The van der Waals surface area contributed by atoms with Gasteiger partial charge < -0.3 is 15.7 Å². The van der Waals surface area contributed by atoms with E-state index in [1.807, 2.05) is 20.9 Å². The van der Waals surface area contributed by atoms with Crippen LogP contribution in [0.4, 0.5) is 0 Å². The lowest BCUT2D eigenvalue weighted by molar-refractivity contribution is -0.125. The van der Waals surface area contributed by atoms with Crippen LogP contribution in [0.15, 0.2) is 0 Å². The summed E-state index contributed by atoms with van der Waals surface area (Å²) < 4.78 is 0. The molecule has 1 unspecified atom stereocenters. The Kier molecular flexibility index (Phi) is 6.54. The number of amides is 1. The first-order valence-electron chi connectivity index (χ1n) is 4.71. The maximum Gasteiger partial charge on any atom is 0.224 e. The van der Waals surface area contributed by atoms with Crippen molar-refractivity contribution in [2.24, 2.45) is 5.92 Å². The van der Waals surface area contributed by atoms with Gasteiger partial charge in [-0.3, -0.25) is 4.79 Å². The molecule has 0 radical (unpaired) electrons. The van der Waals surface area contributed by atoms with Crippen molar-refractivity contribution in [3.05, 3.63) is 0 Å². The molecule has 4 nitrogen and oxygen atoms in total. The van der Waals surface area contributed by atoms with Gasteiger partial charge in [0.2, 0.25) is 5.91 Å². The highest BCUT2D eigenvalue weighted by Gasteiger charge is 2.14. The minimum Gasteiger partial charge on any atom is -0.394 e. The number of carbonyl (C=O) groups excluding carboxylic acids is 1. The summed E-state index contributed by atoms with van der Waals surface area (Å²) in [5.74, 6) is -0.0548. The average molecular weight is 188 g/mol. The first kappa shape index (κ1) is 12.4. The summed E-state index contributed by atoms with van der Waals surface area (Å²) in [6.07, 6.45) is 0.758. The third-order valence-corrected chi connectivity index (χ3v) is 2.02. The Labute approximate surface area is 79.7 Å². The maximum absolute atomic E-state index is 11.4. The highest BCUT2D eigenvalue weighted by molar-refractivity contribution is 5.78. The van der Waals surface area contributed by atoms with Crippen LogP contribution in [0.3, 0.4) is 0 Å². The summed E-state index contributed by atoms with van der Waals surface area (Å²) in [5, 5.41) is 14.6. The molecule has 0 aliphatic carbocycles. The van der Waals surface area contributed by atoms with E-state index < -0.39 is 0 Å². The first-order chi connectivity index (χ1) is 6.15. The second-order valence-electron chi connectivity index (χ2n) is 3.26. The van der Waals surface area contributed by atoms with Crippen molar-refractivity contribution in [2.45, 2.75) is 26.3 Å². The molecule has 0 heterocycles. The van der Waals surface area contributed by atoms with Gasteiger partial charge in [-0.05, 0) is 13.5 Å². The topological polar surface area (TPSA) is 61.4 Å². The van der Waals surface area contributed by atoms with Gasteiger partial charge in [0.15, 0.2) is 0 Å². The quantitative estimate of drug-likeness (QED) is 0.537. The lowest BCUT2D eigenvalue weighted by Crippen LogP contribution is -2.42. The zero-order valence-electron chi connectivity index (χ0n) is 8.63. The number of hydrogen-bond acceptors (Lipinski definition) is 3. The smallest absolute Gasteiger partial charge is 0.224 e. The molecule has 0 spiro atoms. The summed E-state index contributed by atoms with van der Waals surface area (Å²) in [4.78, 5) is 11.4. The number of aliphatic hydroxyl groups is 1. The molecule has 0 aliphatic heterocycles. The van der Waals surface area contributed by atoms with Gasteiger partial charge in [0.25, 0.3) is 0 Å². The molecule has 0 aliphatic rings. The molecule has 0 aromatic heterocycles. The van der Waals surface area contributed by atoms with Crippen LogP contribution >= 0.6 is 0 Å². The van der Waals surface area contributed by atoms with E-state index in [0.29, 0.717) is 6.54 Å². The van der Waals surface area contributed by atoms with Crippen molar-refractivity contribution in [3.8, 4) is 0 Å². The molecule has 2 atom stereocenters. The number of hydrogen-bond donors (Lipinski definition) is 3. The van der Waals surface area contributed by atoms with E-state index in [1.54, 1.807) is 0 Å². The average Bonchev–Trinajstić information content (AvgIpc) is 2.14. The number of rotatable bonds is 6. The zero-order chi connectivity index (χ0) is 10.3. The van der Waals surface area contributed by atoms with Gasteiger partial charge in [-0.25, -0.2) is 0 Å². The predicted molar refractivity (Wildman–Crippen MR) is 52.4 cm³/mol. The van der Waals surface area contributed by atoms with E-state index in [9.17, 15) is 4.79 Å². The second kappa shape index (κ2) is 6.86. The van der Waals surface area contributed by atoms with Gasteiger partial charge in [-0.15, -0.1) is 0 Å². The van der Waals surface area contributed by atoms with E-state index in [2.05, 4.69) is 10.6 Å². The molecule has 13 heavy (non-hydrogen) atoms. The molecular formula is C9H20N2O2. The fraction of sp³-hybridized carbons (Fsp3) is 0.889. The summed E-state index contributed by atoms with van der Waals surface area (Å²) in [5.41, 5.74) is 0. The first-order valence-corrected chi connectivity index (χ1v) is 4.71. The van der Waals surface area contributed by atoms with E-state index in [4.69, 9.17) is 5.11 Å². The minimum absolute atomic E-state index is 0.00440. The number of carbonyl (C=O) groups is 1. The van der Waals surface area contributed by atoms with Crippen molar-refractivity contribution in [3.63, 3.8) is 0 Å². The number of nitrogens with one attached hydrogen (secondary N) is 2. The Balaban J connectivity index is 3.83. The molecule has 0 saturated carbocycles. The van der Waals surface area contributed by atoms with Crippen LogP contribution in [0, 0.1) is 5.92 Å². The van der Waals surface area contributed by atoms with Gasteiger partial charge in [-0.2, -0.15) is 0 Å². The molecule has 4 heteroatoms. The van der Waals surface area contributed by atoms with Crippen molar-refractivity contribution < 1.29 is 9.90 Å².